The Labute approximate surface area is 189 Å². The van der Waals surface area contributed by atoms with E-state index in [-0.39, 0.29) is 17.4 Å². The van der Waals surface area contributed by atoms with Crippen LogP contribution in [0.5, 0.6) is 0 Å². The summed E-state index contributed by atoms with van der Waals surface area (Å²) in [5.41, 5.74) is 9.95. The molecule has 31 heavy (non-hydrogen) atoms. The van der Waals surface area contributed by atoms with E-state index in [9.17, 15) is 9.59 Å². The van der Waals surface area contributed by atoms with Crippen LogP contribution in [0.2, 0.25) is 0 Å². The molecule has 0 aromatic heterocycles. The number of allylic oxidation sites excluding steroid dienone is 5. The molecule has 7 heteroatoms. The van der Waals surface area contributed by atoms with E-state index in [2.05, 4.69) is 56.6 Å². The second-order valence-electron chi connectivity index (χ2n) is 7.27. The van der Waals surface area contributed by atoms with Gasteiger partial charge in [-0.25, -0.2) is 0 Å². The van der Waals surface area contributed by atoms with Gasteiger partial charge in [-0.2, -0.15) is 0 Å². The second kappa shape index (κ2) is 19.5. The van der Waals surface area contributed by atoms with Crippen LogP contribution in [0.3, 0.4) is 0 Å². The van der Waals surface area contributed by atoms with Crippen molar-refractivity contribution >= 4 is 18.5 Å². The predicted octanol–water partition coefficient (Wildman–Crippen LogP) is 3.93. The van der Waals surface area contributed by atoms with Gasteiger partial charge in [-0.05, 0) is 65.1 Å². The van der Waals surface area contributed by atoms with Gasteiger partial charge in [0.1, 0.15) is 5.70 Å². The van der Waals surface area contributed by atoms with E-state index in [0.29, 0.717) is 6.41 Å². The lowest BCUT2D eigenvalue weighted by atomic mass is 9.94. The fourth-order valence-corrected chi connectivity index (χ4v) is 2.79. The summed E-state index contributed by atoms with van der Waals surface area (Å²) < 4.78 is 0. The third-order valence-corrected chi connectivity index (χ3v) is 4.77. The first-order valence-corrected chi connectivity index (χ1v) is 11.4. The van der Waals surface area contributed by atoms with Crippen LogP contribution in [0.15, 0.2) is 34.2 Å². The molecule has 0 bridgehead atoms. The molecule has 2 aliphatic rings. The lowest BCUT2D eigenvalue weighted by molar-refractivity contribution is -0.118. The fraction of sp³-hybridized carbons (Fsp3) is 0.625. The molecule has 0 aromatic rings. The molecule has 1 aliphatic heterocycles. The molecular formula is C24H45N5O2. The monoisotopic (exact) mass is 435 g/mol. The molecule has 0 spiro atoms. The van der Waals surface area contributed by atoms with E-state index in [4.69, 9.17) is 11.1 Å². The molecule has 0 aromatic carbocycles. The molecule has 0 atom stereocenters. The van der Waals surface area contributed by atoms with Gasteiger partial charge in [0.25, 0.3) is 5.91 Å². The van der Waals surface area contributed by atoms with Gasteiger partial charge < -0.3 is 27.1 Å². The van der Waals surface area contributed by atoms with Gasteiger partial charge in [-0.15, -0.1) is 0 Å². The minimum Gasteiger partial charge on any atom is -0.393 e. The molecule has 178 valence electrons. The van der Waals surface area contributed by atoms with E-state index >= 15 is 0 Å². The van der Waals surface area contributed by atoms with Crippen molar-refractivity contribution in [3.8, 4) is 0 Å². The number of rotatable bonds is 5. The zero-order valence-electron chi connectivity index (χ0n) is 20.7. The van der Waals surface area contributed by atoms with Crippen LogP contribution < -0.4 is 21.7 Å². The van der Waals surface area contributed by atoms with Crippen LogP contribution in [0.4, 0.5) is 0 Å². The SMILES string of the molecule is CC.CC1=CCCC(C)=C1C.CCC.N=C/C(NC=O)=C(\N)C(=O)NC1CCNCC1. The molecule has 1 saturated heterocycles. The normalized spacial score (nSPS) is 16.4. The first-order chi connectivity index (χ1) is 14.8. The van der Waals surface area contributed by atoms with Gasteiger partial charge in [-0.1, -0.05) is 51.3 Å². The van der Waals surface area contributed by atoms with Crippen molar-refractivity contribution in [3.63, 3.8) is 0 Å². The van der Waals surface area contributed by atoms with E-state index < -0.39 is 5.91 Å². The molecule has 1 aliphatic carbocycles. The summed E-state index contributed by atoms with van der Waals surface area (Å²) >= 11 is 0. The maximum atomic E-state index is 11.7. The van der Waals surface area contributed by atoms with Crippen LogP contribution >= 0.6 is 0 Å². The molecular weight excluding hydrogens is 390 g/mol. The number of piperidine rings is 1. The highest BCUT2D eigenvalue weighted by molar-refractivity contribution is 5.99. The smallest absolute Gasteiger partial charge is 0.269 e. The Morgan fingerprint density at radius 1 is 1.23 bits per heavy atom. The van der Waals surface area contributed by atoms with Crippen LogP contribution in [0.1, 0.15) is 80.6 Å². The van der Waals surface area contributed by atoms with Crippen molar-refractivity contribution in [1.29, 1.82) is 5.41 Å². The minimum atomic E-state index is -0.454. The Balaban J connectivity index is 0. The van der Waals surface area contributed by atoms with Crippen molar-refractivity contribution in [2.45, 2.75) is 86.6 Å². The summed E-state index contributed by atoms with van der Waals surface area (Å²) in [5, 5.41) is 15.2. The largest absolute Gasteiger partial charge is 0.393 e. The molecule has 1 fully saturated rings. The zero-order valence-corrected chi connectivity index (χ0v) is 20.7. The van der Waals surface area contributed by atoms with Crippen molar-refractivity contribution < 1.29 is 9.59 Å². The molecule has 0 saturated carbocycles. The Morgan fingerprint density at radius 3 is 2.19 bits per heavy atom. The maximum Gasteiger partial charge on any atom is 0.269 e. The first-order valence-electron chi connectivity index (χ1n) is 11.4. The van der Waals surface area contributed by atoms with Gasteiger partial charge in [0.2, 0.25) is 6.41 Å². The number of carbonyl (C=O) groups is 2. The number of nitrogens with one attached hydrogen (secondary N) is 4. The zero-order chi connectivity index (χ0) is 24.2. The first kappa shape index (κ1) is 30.8. The molecule has 7 nitrogen and oxygen atoms in total. The Morgan fingerprint density at radius 2 is 1.77 bits per heavy atom. The highest BCUT2D eigenvalue weighted by Gasteiger charge is 2.18. The topological polar surface area (TPSA) is 120 Å². The van der Waals surface area contributed by atoms with E-state index in [1.54, 1.807) is 5.57 Å². The predicted molar refractivity (Wildman–Crippen MR) is 132 cm³/mol. The Hall–Kier alpha value is -2.41. The summed E-state index contributed by atoms with van der Waals surface area (Å²) in [5.74, 6) is -0.454. The summed E-state index contributed by atoms with van der Waals surface area (Å²) in [4.78, 5) is 22.0. The second-order valence-corrected chi connectivity index (χ2v) is 7.27. The summed E-state index contributed by atoms with van der Waals surface area (Å²) in [6, 6.07) is 0.0884. The number of nitrogens with two attached hydrogens (primary N) is 1. The van der Waals surface area contributed by atoms with Crippen LogP contribution in [-0.2, 0) is 9.59 Å². The quantitative estimate of drug-likeness (QED) is 0.255. The van der Waals surface area contributed by atoms with E-state index in [0.717, 1.165) is 32.1 Å². The molecule has 6 N–H and O–H groups in total. The third kappa shape index (κ3) is 13.5. The average molecular weight is 436 g/mol. The van der Waals surface area contributed by atoms with Crippen LogP contribution in [0, 0.1) is 5.41 Å². The van der Waals surface area contributed by atoms with Gasteiger partial charge in [0, 0.05) is 12.3 Å². The number of carbonyl (C=O) groups excluding carboxylic acids is 2. The average Bonchev–Trinajstić information content (AvgIpc) is 2.78. The molecule has 0 unspecified atom stereocenters. The van der Waals surface area contributed by atoms with Crippen LogP contribution in [-0.4, -0.2) is 37.7 Å². The van der Waals surface area contributed by atoms with Gasteiger partial charge in [-0.3, -0.25) is 9.59 Å². The van der Waals surface area contributed by atoms with Crippen molar-refractivity contribution in [3.05, 3.63) is 34.2 Å². The lowest BCUT2D eigenvalue weighted by Gasteiger charge is -2.23. The van der Waals surface area contributed by atoms with Crippen molar-refractivity contribution in [1.82, 2.24) is 16.0 Å². The van der Waals surface area contributed by atoms with Gasteiger partial charge in [0.05, 0.1) is 5.70 Å². The number of hydrogen-bond donors (Lipinski definition) is 5. The van der Waals surface area contributed by atoms with Gasteiger partial charge in [0.15, 0.2) is 0 Å². The van der Waals surface area contributed by atoms with Crippen molar-refractivity contribution in [2.75, 3.05) is 13.1 Å². The maximum absolute atomic E-state index is 11.7. The van der Waals surface area contributed by atoms with Crippen molar-refractivity contribution in [2.24, 2.45) is 5.73 Å². The van der Waals surface area contributed by atoms with E-state index in [1.165, 1.54) is 30.4 Å². The summed E-state index contributed by atoms with van der Waals surface area (Å²) in [6.07, 6.45) is 9.00. The third-order valence-electron chi connectivity index (χ3n) is 4.77. The highest BCUT2D eigenvalue weighted by Crippen LogP contribution is 2.23. The van der Waals surface area contributed by atoms with Gasteiger partial charge >= 0.3 is 0 Å². The van der Waals surface area contributed by atoms with Crippen LogP contribution in [0.25, 0.3) is 0 Å². The van der Waals surface area contributed by atoms with E-state index in [1.807, 2.05) is 13.8 Å². The molecule has 1 heterocycles. The lowest BCUT2D eigenvalue weighted by Crippen LogP contribution is -2.44. The molecule has 2 amide bonds. The summed E-state index contributed by atoms with van der Waals surface area (Å²) in [6.45, 7) is 16.6. The highest BCUT2D eigenvalue weighted by atomic mass is 16.2. The molecule has 2 rings (SSSR count). The Bertz CT molecular complexity index is 630. The fourth-order valence-electron chi connectivity index (χ4n) is 2.79. The minimum absolute atomic E-state index is 0.00596. The Kier molecular flexibility index (Phi) is 19.4. The number of hydrogen-bond acceptors (Lipinski definition) is 5. The standard InChI is InChI=1S/C10H17N5O2.C9H14.C3H8.C2H6/c11-5-8(14-6-16)9(12)10(17)15-7-1-3-13-4-2-7;1-7-5-4-6-8(2)9(7)3;1-3-2;1-2/h5-7,11,13H,1-4,12H2,(H,14,16)(H,15,17);5H,4,6H2,1-3H3;3H2,1-2H3;1-2H3/b9-8+,11-5?;;;. The number of amides is 2. The summed E-state index contributed by atoms with van der Waals surface area (Å²) in [7, 11) is 0. The molecule has 0 radical (unpaired) electrons.